The Morgan fingerprint density at radius 2 is 1.34 bits per heavy atom. The molecule has 3 rings (SSSR count). The van der Waals surface area contributed by atoms with Crippen molar-refractivity contribution in [1.29, 1.82) is 5.26 Å². The van der Waals surface area contributed by atoms with Crippen LogP contribution >= 0.6 is 0 Å². The molecule has 172 valence electrons. The van der Waals surface area contributed by atoms with Crippen LogP contribution in [0.4, 0.5) is 0 Å². The maximum Gasteiger partial charge on any atom is 0.0658 e. The highest BCUT2D eigenvalue weighted by molar-refractivity contribution is 5.64. The Labute approximate surface area is 197 Å². The molecule has 0 spiro atoms. The van der Waals surface area contributed by atoms with Crippen LogP contribution in [0, 0.1) is 23.2 Å². The highest BCUT2D eigenvalue weighted by Gasteiger charge is 2.27. The van der Waals surface area contributed by atoms with Gasteiger partial charge in [-0.15, -0.1) is 0 Å². The summed E-state index contributed by atoms with van der Waals surface area (Å²) in [5.41, 5.74) is 5.59. The molecule has 0 aliphatic heterocycles. The highest BCUT2D eigenvalue weighted by atomic mass is 14.4. The first-order valence-electron chi connectivity index (χ1n) is 13.3. The minimum absolute atomic E-state index is 0.271. The Morgan fingerprint density at radius 3 is 1.94 bits per heavy atom. The van der Waals surface area contributed by atoms with Crippen LogP contribution in [0.2, 0.25) is 0 Å². The fourth-order valence-corrected chi connectivity index (χ4v) is 5.49. The van der Waals surface area contributed by atoms with Crippen LogP contribution in [0.15, 0.2) is 48.5 Å². The fraction of sp³-hybridized carbons (Fsp3) is 0.581. The summed E-state index contributed by atoms with van der Waals surface area (Å²) < 4.78 is 0. The van der Waals surface area contributed by atoms with Gasteiger partial charge >= 0.3 is 0 Å². The third-order valence-corrected chi connectivity index (χ3v) is 7.59. The Bertz CT molecular complexity index is 803. The van der Waals surface area contributed by atoms with Crippen molar-refractivity contribution in [1.82, 2.24) is 0 Å². The molecule has 1 heteroatoms. The van der Waals surface area contributed by atoms with Gasteiger partial charge in [0.05, 0.1) is 6.07 Å². The molecule has 2 aromatic rings. The first-order chi connectivity index (χ1) is 15.7. The lowest BCUT2D eigenvalue weighted by atomic mass is 9.73. The van der Waals surface area contributed by atoms with Gasteiger partial charge in [-0.25, -0.2) is 0 Å². The summed E-state index contributed by atoms with van der Waals surface area (Å²) in [6, 6.07) is 21.1. The number of benzene rings is 2. The van der Waals surface area contributed by atoms with Gasteiger partial charge in [-0.2, -0.15) is 5.26 Å². The lowest BCUT2D eigenvalue weighted by Gasteiger charge is -2.31. The van der Waals surface area contributed by atoms with E-state index in [0.29, 0.717) is 11.8 Å². The molecule has 1 fully saturated rings. The lowest BCUT2D eigenvalue weighted by molar-refractivity contribution is 0.259. The van der Waals surface area contributed by atoms with Gasteiger partial charge in [-0.05, 0) is 79.0 Å². The van der Waals surface area contributed by atoms with Crippen molar-refractivity contribution >= 4 is 0 Å². The molecule has 0 saturated heterocycles. The van der Waals surface area contributed by atoms with E-state index in [-0.39, 0.29) is 5.92 Å². The summed E-state index contributed by atoms with van der Waals surface area (Å²) in [7, 11) is 0. The number of hydrogen-bond acceptors (Lipinski definition) is 1. The van der Waals surface area contributed by atoms with Crippen LogP contribution in [0.5, 0.6) is 0 Å². The van der Waals surface area contributed by atoms with E-state index in [9.17, 15) is 5.26 Å². The highest BCUT2D eigenvalue weighted by Crippen LogP contribution is 2.40. The topological polar surface area (TPSA) is 23.8 Å². The Hall–Kier alpha value is -2.07. The summed E-state index contributed by atoms with van der Waals surface area (Å²) >= 11 is 0. The minimum atomic E-state index is 0.271. The van der Waals surface area contributed by atoms with Gasteiger partial charge in [0.25, 0.3) is 0 Å². The average Bonchev–Trinajstić information content (AvgIpc) is 2.85. The molecular weight excluding hydrogens is 386 g/mol. The zero-order valence-corrected chi connectivity index (χ0v) is 20.5. The lowest BCUT2D eigenvalue weighted by Crippen LogP contribution is -2.20. The normalized spacial score (nSPS) is 19.4. The van der Waals surface area contributed by atoms with Gasteiger partial charge in [-0.1, -0.05) is 101 Å². The quantitative estimate of drug-likeness (QED) is 0.308. The molecule has 0 radical (unpaired) electrons. The third-order valence-electron chi connectivity index (χ3n) is 7.59. The van der Waals surface area contributed by atoms with Crippen molar-refractivity contribution in [3.05, 3.63) is 59.7 Å². The molecule has 0 bridgehead atoms. The van der Waals surface area contributed by atoms with E-state index >= 15 is 0 Å². The van der Waals surface area contributed by atoms with Crippen molar-refractivity contribution in [3.63, 3.8) is 0 Å². The number of rotatable bonds is 12. The molecule has 0 N–H and O–H groups in total. The van der Waals surface area contributed by atoms with Crippen molar-refractivity contribution < 1.29 is 0 Å². The zero-order valence-electron chi connectivity index (χ0n) is 20.5. The summed E-state index contributed by atoms with van der Waals surface area (Å²) in [5, 5.41) is 9.48. The first kappa shape index (κ1) is 24.6. The van der Waals surface area contributed by atoms with E-state index in [4.69, 9.17) is 0 Å². The zero-order chi connectivity index (χ0) is 22.6. The maximum absolute atomic E-state index is 9.48. The number of nitrogens with zero attached hydrogens (tertiary/aromatic N) is 1. The second-order valence-corrected chi connectivity index (χ2v) is 9.97. The monoisotopic (exact) mass is 429 g/mol. The van der Waals surface area contributed by atoms with Gasteiger partial charge in [0.15, 0.2) is 0 Å². The summed E-state index contributed by atoms with van der Waals surface area (Å²) in [6.07, 6.45) is 16.5. The van der Waals surface area contributed by atoms with Crippen LogP contribution in [-0.4, -0.2) is 0 Å². The van der Waals surface area contributed by atoms with Gasteiger partial charge in [0, 0.05) is 5.92 Å². The van der Waals surface area contributed by atoms with E-state index in [1.165, 1.54) is 92.9 Å². The maximum atomic E-state index is 9.48. The van der Waals surface area contributed by atoms with Crippen molar-refractivity contribution in [3.8, 4) is 17.2 Å². The molecule has 1 aliphatic carbocycles. The Kier molecular flexibility index (Phi) is 10.3. The molecule has 1 aliphatic rings. The van der Waals surface area contributed by atoms with Crippen molar-refractivity contribution in [2.75, 3.05) is 0 Å². The first-order valence-corrected chi connectivity index (χ1v) is 13.3. The van der Waals surface area contributed by atoms with E-state index in [1.54, 1.807) is 0 Å². The number of hydrogen-bond donors (Lipinski definition) is 0. The van der Waals surface area contributed by atoms with Crippen LogP contribution in [0.25, 0.3) is 11.1 Å². The van der Waals surface area contributed by atoms with E-state index in [1.807, 2.05) is 0 Å². The predicted molar refractivity (Wildman–Crippen MR) is 138 cm³/mol. The van der Waals surface area contributed by atoms with Gasteiger partial charge < -0.3 is 0 Å². The molecule has 1 unspecified atom stereocenters. The van der Waals surface area contributed by atoms with E-state index in [0.717, 1.165) is 12.8 Å². The molecule has 0 aromatic heterocycles. The van der Waals surface area contributed by atoms with E-state index in [2.05, 4.69) is 68.4 Å². The third kappa shape index (κ3) is 7.23. The second-order valence-electron chi connectivity index (χ2n) is 9.97. The molecule has 1 saturated carbocycles. The molecule has 0 amide bonds. The van der Waals surface area contributed by atoms with E-state index < -0.39 is 0 Å². The summed E-state index contributed by atoms with van der Waals surface area (Å²) in [5.74, 6) is 1.55. The Balaban J connectivity index is 1.48. The Morgan fingerprint density at radius 1 is 0.750 bits per heavy atom. The van der Waals surface area contributed by atoms with Crippen LogP contribution in [-0.2, 0) is 6.42 Å². The molecule has 1 nitrogen and oxygen atoms in total. The predicted octanol–water partition coefficient (Wildman–Crippen LogP) is 9.47. The van der Waals surface area contributed by atoms with Crippen LogP contribution in [0.3, 0.4) is 0 Å². The van der Waals surface area contributed by atoms with Crippen LogP contribution in [0.1, 0.15) is 108 Å². The standard InChI is InChI=1S/C31H43N/c1-3-5-6-7-8-9-11-25-12-14-26(15-13-25)27-16-18-28(19-17-27)29-20-22-30(23-21-29)31(24-32)10-4-2/h12-19,29-31H,3-11,20-23H2,1-2H3/t29-,30-,31?. The van der Waals surface area contributed by atoms with Crippen LogP contribution < -0.4 is 0 Å². The van der Waals surface area contributed by atoms with Crippen molar-refractivity contribution in [2.45, 2.75) is 103 Å². The minimum Gasteiger partial charge on any atom is -0.198 e. The number of aryl methyl sites for hydroxylation is 1. The average molecular weight is 430 g/mol. The van der Waals surface area contributed by atoms with Gasteiger partial charge in [0.2, 0.25) is 0 Å². The molecule has 2 aromatic carbocycles. The number of unbranched alkanes of at least 4 members (excludes halogenated alkanes) is 5. The smallest absolute Gasteiger partial charge is 0.0658 e. The van der Waals surface area contributed by atoms with Gasteiger partial charge in [-0.3, -0.25) is 0 Å². The second kappa shape index (κ2) is 13.5. The molecule has 1 atom stereocenters. The summed E-state index contributed by atoms with van der Waals surface area (Å²) in [4.78, 5) is 0. The SMILES string of the molecule is CCCCCCCCc1ccc(-c2ccc([C@H]3CC[C@H](C(C#N)CCC)CC3)cc2)cc1. The number of nitriles is 1. The van der Waals surface area contributed by atoms with Crippen molar-refractivity contribution in [2.24, 2.45) is 11.8 Å². The van der Waals surface area contributed by atoms with Gasteiger partial charge in [0.1, 0.15) is 0 Å². The summed E-state index contributed by atoms with van der Waals surface area (Å²) in [6.45, 7) is 4.47. The molecule has 32 heavy (non-hydrogen) atoms. The largest absolute Gasteiger partial charge is 0.198 e. The molecule has 0 heterocycles. The fourth-order valence-electron chi connectivity index (χ4n) is 5.49. The molecular formula is C31H43N.